The topological polar surface area (TPSA) is 53.6 Å². The van der Waals surface area contributed by atoms with Crippen molar-refractivity contribution in [3.8, 4) is 5.75 Å². The summed E-state index contributed by atoms with van der Waals surface area (Å²) in [6, 6.07) is 5.63. The van der Waals surface area contributed by atoms with Gasteiger partial charge in [-0.05, 0) is 31.6 Å². The number of nitrogens with one attached hydrogen (secondary N) is 2. The van der Waals surface area contributed by atoms with Crippen LogP contribution in [-0.4, -0.2) is 50.1 Å². The van der Waals surface area contributed by atoms with E-state index in [1.807, 2.05) is 18.2 Å². The van der Waals surface area contributed by atoms with E-state index < -0.39 is 0 Å². The number of amides is 1. The van der Waals surface area contributed by atoms with E-state index in [1.54, 1.807) is 0 Å². The zero-order chi connectivity index (χ0) is 15.1. The van der Waals surface area contributed by atoms with E-state index in [1.165, 1.54) is 0 Å². The third-order valence-electron chi connectivity index (χ3n) is 3.62. The zero-order valence-corrected chi connectivity index (χ0v) is 12.9. The number of ether oxygens (including phenoxy) is 1. The van der Waals surface area contributed by atoms with Gasteiger partial charge < -0.3 is 20.3 Å². The van der Waals surface area contributed by atoms with Gasteiger partial charge in [-0.15, -0.1) is 0 Å². The van der Waals surface area contributed by atoms with Crippen molar-refractivity contribution >= 4 is 11.6 Å². The van der Waals surface area contributed by atoms with E-state index in [2.05, 4.69) is 29.4 Å². The molecule has 1 amide bonds. The van der Waals surface area contributed by atoms with Gasteiger partial charge in [-0.25, -0.2) is 0 Å². The highest BCUT2D eigenvalue weighted by atomic mass is 16.5. The van der Waals surface area contributed by atoms with E-state index >= 15 is 0 Å². The molecule has 2 N–H and O–H groups in total. The smallest absolute Gasteiger partial charge is 0.255 e. The normalized spacial score (nSPS) is 13.3. The molecule has 1 aromatic rings. The average molecular weight is 291 g/mol. The molecule has 0 fully saturated rings. The van der Waals surface area contributed by atoms with Crippen LogP contribution in [0.2, 0.25) is 0 Å². The molecular formula is C16H25N3O2. The fraction of sp³-hybridized carbons (Fsp3) is 0.562. The number of carbonyl (C=O) groups is 1. The number of rotatable bonds is 7. The van der Waals surface area contributed by atoms with E-state index in [-0.39, 0.29) is 5.91 Å². The summed E-state index contributed by atoms with van der Waals surface area (Å²) in [6.45, 7) is 9.30. The number of anilines is 1. The molecule has 5 nitrogen and oxygen atoms in total. The molecule has 0 aliphatic carbocycles. The Balaban J connectivity index is 1.92. The summed E-state index contributed by atoms with van der Waals surface area (Å²) in [5.41, 5.74) is 1.51. The van der Waals surface area contributed by atoms with E-state index in [0.29, 0.717) is 24.5 Å². The van der Waals surface area contributed by atoms with Crippen LogP contribution < -0.4 is 15.4 Å². The van der Waals surface area contributed by atoms with Gasteiger partial charge in [-0.3, -0.25) is 4.79 Å². The summed E-state index contributed by atoms with van der Waals surface area (Å²) < 4.78 is 5.63. The second-order valence-electron chi connectivity index (χ2n) is 5.15. The zero-order valence-electron chi connectivity index (χ0n) is 12.9. The Hall–Kier alpha value is -1.75. The largest absolute Gasteiger partial charge is 0.489 e. The number of para-hydroxylation sites is 1. The molecule has 116 valence electrons. The van der Waals surface area contributed by atoms with Gasteiger partial charge in [-0.1, -0.05) is 19.9 Å². The van der Waals surface area contributed by atoms with Crippen molar-refractivity contribution in [3.63, 3.8) is 0 Å². The van der Waals surface area contributed by atoms with Crippen LogP contribution in [0.5, 0.6) is 5.75 Å². The van der Waals surface area contributed by atoms with Gasteiger partial charge in [-0.2, -0.15) is 0 Å². The molecule has 1 aliphatic heterocycles. The first-order valence-corrected chi connectivity index (χ1v) is 7.76. The molecule has 0 saturated heterocycles. The lowest BCUT2D eigenvalue weighted by atomic mass is 10.1. The number of likely N-dealkylation sites (N-methyl/N-ethyl adjacent to an activating group) is 1. The first-order chi connectivity index (χ1) is 10.3. The van der Waals surface area contributed by atoms with Gasteiger partial charge in [0.15, 0.2) is 5.75 Å². The molecule has 1 heterocycles. The molecule has 0 bridgehead atoms. The van der Waals surface area contributed by atoms with Crippen LogP contribution in [0.15, 0.2) is 18.2 Å². The van der Waals surface area contributed by atoms with Crippen molar-refractivity contribution in [1.82, 2.24) is 10.2 Å². The van der Waals surface area contributed by atoms with Gasteiger partial charge in [0.1, 0.15) is 6.61 Å². The molecule has 0 aromatic heterocycles. The van der Waals surface area contributed by atoms with Crippen molar-refractivity contribution in [2.45, 2.75) is 20.3 Å². The van der Waals surface area contributed by atoms with E-state index in [0.717, 1.165) is 38.3 Å². The van der Waals surface area contributed by atoms with Crippen LogP contribution in [0.4, 0.5) is 5.69 Å². The summed E-state index contributed by atoms with van der Waals surface area (Å²) in [5.74, 6) is 0.602. The first kappa shape index (κ1) is 15.6. The first-order valence-electron chi connectivity index (χ1n) is 7.76. The SMILES string of the molecule is CCCN(CC)CCNC(=O)c1cccc2c1OCCN2. The molecule has 0 unspecified atom stereocenters. The van der Waals surface area contributed by atoms with Gasteiger partial charge in [0.05, 0.1) is 11.3 Å². The third-order valence-corrected chi connectivity index (χ3v) is 3.62. The standard InChI is InChI=1S/C16H25N3O2/c1-3-10-19(4-2)11-8-18-16(20)13-6-5-7-14-15(13)21-12-9-17-14/h5-7,17H,3-4,8-12H2,1-2H3,(H,18,20). The predicted molar refractivity (Wildman–Crippen MR) is 85.2 cm³/mol. The van der Waals surface area contributed by atoms with Crippen molar-refractivity contribution in [2.75, 3.05) is 44.6 Å². The lowest BCUT2D eigenvalue weighted by Crippen LogP contribution is -2.35. The number of carbonyl (C=O) groups excluding carboxylic acids is 1. The van der Waals surface area contributed by atoms with Crippen molar-refractivity contribution in [1.29, 1.82) is 0 Å². The maximum atomic E-state index is 12.3. The molecule has 1 aromatic carbocycles. The minimum absolute atomic E-state index is 0.0666. The summed E-state index contributed by atoms with van der Waals surface area (Å²) in [7, 11) is 0. The van der Waals surface area contributed by atoms with Crippen molar-refractivity contribution < 1.29 is 9.53 Å². The molecule has 5 heteroatoms. The van der Waals surface area contributed by atoms with E-state index in [9.17, 15) is 4.79 Å². The van der Waals surface area contributed by atoms with Crippen LogP contribution in [0, 0.1) is 0 Å². The molecule has 2 rings (SSSR count). The summed E-state index contributed by atoms with van der Waals surface area (Å²) in [5, 5.41) is 6.23. The fourth-order valence-electron chi connectivity index (χ4n) is 2.52. The molecule has 0 spiro atoms. The molecule has 0 radical (unpaired) electrons. The highest BCUT2D eigenvalue weighted by Crippen LogP contribution is 2.30. The molecule has 1 aliphatic rings. The molecule has 0 atom stereocenters. The van der Waals surface area contributed by atoms with Crippen LogP contribution in [0.25, 0.3) is 0 Å². The van der Waals surface area contributed by atoms with Gasteiger partial charge in [0, 0.05) is 19.6 Å². The number of nitrogens with zero attached hydrogens (tertiary/aromatic N) is 1. The molecular weight excluding hydrogens is 266 g/mol. The minimum atomic E-state index is -0.0666. The Labute approximate surface area is 126 Å². The fourth-order valence-corrected chi connectivity index (χ4v) is 2.52. The Bertz CT molecular complexity index is 477. The second kappa shape index (κ2) is 7.88. The third kappa shape index (κ3) is 4.11. The summed E-state index contributed by atoms with van der Waals surface area (Å²) >= 11 is 0. The second-order valence-corrected chi connectivity index (χ2v) is 5.15. The van der Waals surface area contributed by atoms with E-state index in [4.69, 9.17) is 4.74 Å². The Morgan fingerprint density at radius 3 is 3.00 bits per heavy atom. The lowest BCUT2D eigenvalue weighted by molar-refractivity contribution is 0.0944. The number of hydrogen-bond acceptors (Lipinski definition) is 4. The monoisotopic (exact) mass is 291 g/mol. The number of fused-ring (bicyclic) bond motifs is 1. The Kier molecular flexibility index (Phi) is 5.87. The van der Waals surface area contributed by atoms with Crippen LogP contribution in [0.3, 0.4) is 0 Å². The van der Waals surface area contributed by atoms with Gasteiger partial charge >= 0.3 is 0 Å². The van der Waals surface area contributed by atoms with Crippen molar-refractivity contribution in [2.24, 2.45) is 0 Å². The molecule has 21 heavy (non-hydrogen) atoms. The Morgan fingerprint density at radius 2 is 2.24 bits per heavy atom. The van der Waals surface area contributed by atoms with Gasteiger partial charge in [0.2, 0.25) is 0 Å². The molecule has 0 saturated carbocycles. The van der Waals surface area contributed by atoms with Gasteiger partial charge in [0.25, 0.3) is 5.91 Å². The highest BCUT2D eigenvalue weighted by molar-refractivity contribution is 5.98. The van der Waals surface area contributed by atoms with Crippen LogP contribution in [-0.2, 0) is 0 Å². The predicted octanol–water partition coefficient (Wildman–Crippen LogP) is 1.95. The minimum Gasteiger partial charge on any atom is -0.489 e. The maximum absolute atomic E-state index is 12.3. The average Bonchev–Trinajstić information content (AvgIpc) is 2.53. The maximum Gasteiger partial charge on any atom is 0.255 e. The highest BCUT2D eigenvalue weighted by Gasteiger charge is 2.18. The lowest BCUT2D eigenvalue weighted by Gasteiger charge is -2.22. The quantitative estimate of drug-likeness (QED) is 0.806. The number of hydrogen-bond donors (Lipinski definition) is 2. The van der Waals surface area contributed by atoms with Crippen LogP contribution >= 0.6 is 0 Å². The van der Waals surface area contributed by atoms with Crippen LogP contribution in [0.1, 0.15) is 30.6 Å². The number of benzene rings is 1. The summed E-state index contributed by atoms with van der Waals surface area (Å²) in [6.07, 6.45) is 1.13. The Morgan fingerprint density at radius 1 is 1.38 bits per heavy atom. The summed E-state index contributed by atoms with van der Waals surface area (Å²) in [4.78, 5) is 14.6. The van der Waals surface area contributed by atoms with Crippen molar-refractivity contribution in [3.05, 3.63) is 23.8 Å².